The molecule has 0 radical (unpaired) electrons. The van der Waals surface area contributed by atoms with Crippen molar-refractivity contribution in [2.45, 2.75) is 0 Å². The molecule has 0 bridgehead atoms. The molecule has 0 aliphatic heterocycles. The summed E-state index contributed by atoms with van der Waals surface area (Å²) in [5, 5.41) is 16.9. The fourth-order valence-electron chi connectivity index (χ4n) is 7.73. The number of fused-ring (bicyclic) bond motifs is 9. The summed E-state index contributed by atoms with van der Waals surface area (Å²) in [5.41, 5.74) is 8.18. The summed E-state index contributed by atoms with van der Waals surface area (Å²) < 4.78 is 15.3. The second-order valence-corrected chi connectivity index (χ2v) is 13.1. The molecule has 0 fully saturated rings. The van der Waals surface area contributed by atoms with Crippen molar-refractivity contribution in [2.75, 3.05) is 0 Å². The highest BCUT2D eigenvalue weighted by atomic mass is 16.3. The molecule has 0 saturated carbocycles. The maximum Gasteiger partial charge on any atom is 0.164 e. The van der Waals surface area contributed by atoms with Crippen LogP contribution < -0.4 is 0 Å². The van der Waals surface area contributed by atoms with Gasteiger partial charge in [0.15, 0.2) is 23.1 Å². The van der Waals surface area contributed by atoms with Crippen LogP contribution in [0.25, 0.3) is 106 Å². The summed E-state index contributed by atoms with van der Waals surface area (Å²) in [5.74, 6) is 1.52. The van der Waals surface area contributed by atoms with Gasteiger partial charge in [-0.15, -0.1) is 0 Å². The standard InChI is InChI=1S/C46H25N5O2/c47-26-29-23-35(46-49-44(27-13-3-1-4-14-27)48-45(50-46)28-15-5-2-6-16-28)41-32-19-9-12-22-39(32)53-43(41)42(29)51-36-20-10-7-17-30(36)33-24-34-31-18-8-11-21-38(31)52-40(34)25-37(33)51/h1-25H. The van der Waals surface area contributed by atoms with Crippen LogP contribution in [0.3, 0.4) is 0 Å². The minimum absolute atomic E-state index is 0.418. The Labute approximate surface area is 301 Å². The SMILES string of the molecule is N#Cc1cc(-c2nc(-c3ccccc3)nc(-c3ccccc3)n2)c2c(oc3ccccc32)c1-n1c2ccccc2c2cc3c(cc21)oc1ccccc13. The minimum atomic E-state index is 0.418. The molecular weight excluding hydrogens is 655 g/mol. The van der Waals surface area contributed by atoms with Crippen molar-refractivity contribution in [3.05, 3.63) is 157 Å². The summed E-state index contributed by atoms with van der Waals surface area (Å²) in [6, 6.07) is 52.8. The molecule has 0 amide bonds. The molecule has 4 heterocycles. The van der Waals surface area contributed by atoms with E-state index in [1.54, 1.807) is 0 Å². The highest BCUT2D eigenvalue weighted by Gasteiger charge is 2.26. The first kappa shape index (κ1) is 29.2. The average Bonchev–Trinajstić information content (AvgIpc) is 3.89. The Morgan fingerprint density at radius 2 is 1.06 bits per heavy atom. The van der Waals surface area contributed by atoms with Gasteiger partial charge in [-0.05, 0) is 30.3 Å². The third kappa shape index (κ3) is 4.36. The highest BCUT2D eigenvalue weighted by Crippen LogP contribution is 2.45. The molecule has 53 heavy (non-hydrogen) atoms. The number of hydrogen-bond acceptors (Lipinski definition) is 6. The van der Waals surface area contributed by atoms with Crippen molar-refractivity contribution in [2.24, 2.45) is 0 Å². The van der Waals surface area contributed by atoms with Gasteiger partial charge in [-0.2, -0.15) is 5.26 Å². The van der Waals surface area contributed by atoms with Gasteiger partial charge in [-0.1, -0.05) is 115 Å². The lowest BCUT2D eigenvalue weighted by atomic mass is 10.00. The van der Waals surface area contributed by atoms with Crippen molar-refractivity contribution in [3.63, 3.8) is 0 Å². The number of para-hydroxylation sites is 3. The first-order chi connectivity index (χ1) is 26.2. The zero-order valence-corrected chi connectivity index (χ0v) is 28.0. The summed E-state index contributed by atoms with van der Waals surface area (Å²) in [6.45, 7) is 0. The van der Waals surface area contributed by atoms with Gasteiger partial charge in [-0.25, -0.2) is 15.0 Å². The maximum absolute atomic E-state index is 11.0. The zero-order chi connectivity index (χ0) is 35.0. The van der Waals surface area contributed by atoms with Crippen LogP contribution in [0.2, 0.25) is 0 Å². The van der Waals surface area contributed by atoms with Crippen LogP contribution in [-0.4, -0.2) is 19.5 Å². The first-order valence-corrected chi connectivity index (χ1v) is 17.3. The average molecular weight is 680 g/mol. The molecule has 11 rings (SSSR count). The number of furan rings is 2. The Bertz CT molecular complexity index is 3240. The van der Waals surface area contributed by atoms with Gasteiger partial charge in [0.2, 0.25) is 0 Å². The van der Waals surface area contributed by atoms with Gasteiger partial charge < -0.3 is 13.4 Å². The summed E-state index contributed by atoms with van der Waals surface area (Å²) >= 11 is 0. The largest absolute Gasteiger partial charge is 0.456 e. The molecule has 0 N–H and O–H groups in total. The number of nitrogens with zero attached hydrogens (tertiary/aromatic N) is 5. The Balaban J connectivity index is 1.26. The van der Waals surface area contributed by atoms with E-state index in [-0.39, 0.29) is 0 Å². The van der Waals surface area contributed by atoms with Gasteiger partial charge in [-0.3, -0.25) is 0 Å². The predicted octanol–water partition coefficient (Wildman–Crippen LogP) is 11.6. The molecule has 0 saturated heterocycles. The topological polar surface area (TPSA) is 93.7 Å². The van der Waals surface area contributed by atoms with Crippen LogP contribution in [0.1, 0.15) is 5.56 Å². The summed E-state index contributed by atoms with van der Waals surface area (Å²) in [6.07, 6.45) is 0. The van der Waals surface area contributed by atoms with Crippen LogP contribution in [0.4, 0.5) is 0 Å². The van der Waals surface area contributed by atoms with E-state index in [4.69, 9.17) is 23.8 Å². The van der Waals surface area contributed by atoms with Crippen LogP contribution >= 0.6 is 0 Å². The van der Waals surface area contributed by atoms with Crippen LogP contribution in [0.5, 0.6) is 0 Å². The van der Waals surface area contributed by atoms with E-state index in [1.165, 1.54) is 0 Å². The van der Waals surface area contributed by atoms with E-state index in [2.05, 4.69) is 41.0 Å². The predicted molar refractivity (Wildman–Crippen MR) is 210 cm³/mol. The molecule has 7 aromatic carbocycles. The van der Waals surface area contributed by atoms with Gasteiger partial charge >= 0.3 is 0 Å². The van der Waals surface area contributed by atoms with Crippen molar-refractivity contribution < 1.29 is 8.83 Å². The van der Waals surface area contributed by atoms with E-state index in [1.807, 2.05) is 121 Å². The quantitative estimate of drug-likeness (QED) is 0.184. The normalized spacial score (nSPS) is 11.8. The Kier molecular flexibility index (Phi) is 6.18. The van der Waals surface area contributed by atoms with Crippen molar-refractivity contribution in [3.8, 4) is 45.9 Å². The van der Waals surface area contributed by atoms with Crippen LogP contribution in [-0.2, 0) is 0 Å². The van der Waals surface area contributed by atoms with Gasteiger partial charge in [0.25, 0.3) is 0 Å². The summed E-state index contributed by atoms with van der Waals surface area (Å²) in [7, 11) is 0. The summed E-state index contributed by atoms with van der Waals surface area (Å²) in [4.78, 5) is 15.0. The second kappa shape index (κ2) is 11.2. The molecule has 246 valence electrons. The number of aromatic nitrogens is 4. The molecule has 4 aromatic heterocycles. The van der Waals surface area contributed by atoms with Gasteiger partial charge in [0.05, 0.1) is 16.6 Å². The molecule has 0 atom stereocenters. The van der Waals surface area contributed by atoms with Crippen molar-refractivity contribution in [1.82, 2.24) is 19.5 Å². The first-order valence-electron chi connectivity index (χ1n) is 17.3. The van der Waals surface area contributed by atoms with E-state index < -0.39 is 0 Å². The zero-order valence-electron chi connectivity index (χ0n) is 28.0. The molecule has 7 heteroatoms. The smallest absolute Gasteiger partial charge is 0.164 e. The Hall–Kier alpha value is -7.56. The van der Waals surface area contributed by atoms with E-state index in [0.29, 0.717) is 45.5 Å². The number of benzene rings is 7. The van der Waals surface area contributed by atoms with E-state index in [9.17, 15) is 5.26 Å². The molecule has 0 spiro atoms. The number of hydrogen-bond donors (Lipinski definition) is 0. The van der Waals surface area contributed by atoms with Gasteiger partial charge in [0, 0.05) is 55.1 Å². The maximum atomic E-state index is 11.0. The molecule has 7 nitrogen and oxygen atoms in total. The second-order valence-electron chi connectivity index (χ2n) is 13.1. The Morgan fingerprint density at radius 1 is 0.472 bits per heavy atom. The monoisotopic (exact) mass is 679 g/mol. The van der Waals surface area contributed by atoms with Crippen LogP contribution in [0, 0.1) is 11.3 Å². The minimum Gasteiger partial charge on any atom is -0.456 e. The lowest BCUT2D eigenvalue weighted by Gasteiger charge is -2.14. The van der Waals surface area contributed by atoms with E-state index >= 15 is 0 Å². The van der Waals surface area contributed by atoms with Crippen LogP contribution in [0.15, 0.2) is 160 Å². The molecule has 11 aromatic rings. The lowest BCUT2D eigenvalue weighted by Crippen LogP contribution is -2.03. The van der Waals surface area contributed by atoms with Crippen molar-refractivity contribution >= 4 is 65.7 Å². The third-order valence-corrected chi connectivity index (χ3v) is 10.1. The highest BCUT2D eigenvalue weighted by molar-refractivity contribution is 6.20. The van der Waals surface area contributed by atoms with Gasteiger partial charge in [0.1, 0.15) is 28.5 Å². The lowest BCUT2D eigenvalue weighted by molar-refractivity contribution is 0.665. The Morgan fingerprint density at radius 3 is 1.75 bits per heavy atom. The van der Waals surface area contributed by atoms with E-state index in [0.717, 1.165) is 65.6 Å². The number of rotatable bonds is 4. The fourth-order valence-corrected chi connectivity index (χ4v) is 7.73. The third-order valence-electron chi connectivity index (χ3n) is 10.1. The molecule has 0 aliphatic rings. The fraction of sp³-hybridized carbons (Fsp3) is 0. The molecule has 0 aliphatic carbocycles. The molecular formula is C46H25N5O2. The number of nitriles is 1. The van der Waals surface area contributed by atoms with Crippen molar-refractivity contribution in [1.29, 1.82) is 5.26 Å². The molecule has 0 unspecified atom stereocenters.